The van der Waals surface area contributed by atoms with E-state index in [1.54, 1.807) is 0 Å². The first-order chi connectivity index (χ1) is 10.3. The highest BCUT2D eigenvalue weighted by Crippen LogP contribution is 2.20. The van der Waals surface area contributed by atoms with Crippen LogP contribution < -0.4 is 4.90 Å². The first-order valence-electron chi connectivity index (χ1n) is 7.46. The molecule has 108 valence electrons. The monoisotopic (exact) mass is 298 g/mol. The van der Waals surface area contributed by atoms with Gasteiger partial charge in [0.25, 0.3) is 0 Å². The minimum atomic E-state index is 0.736. The molecule has 0 aromatic heterocycles. The van der Waals surface area contributed by atoms with Crippen LogP contribution in [0.3, 0.4) is 0 Å². The minimum Gasteiger partial charge on any atom is -0.372 e. The summed E-state index contributed by atoms with van der Waals surface area (Å²) in [7, 11) is 0. The highest BCUT2D eigenvalue weighted by molar-refractivity contribution is 6.30. The Balaban J connectivity index is 1.67. The Morgan fingerprint density at radius 2 is 1.52 bits per heavy atom. The van der Waals surface area contributed by atoms with Crippen molar-refractivity contribution in [3.05, 3.63) is 59.1 Å². The Labute approximate surface area is 131 Å². The molecule has 0 atom stereocenters. The maximum absolute atomic E-state index is 5.86. The van der Waals surface area contributed by atoms with Gasteiger partial charge >= 0.3 is 0 Å². The van der Waals surface area contributed by atoms with Gasteiger partial charge in [0.15, 0.2) is 0 Å². The average Bonchev–Trinajstić information content (AvgIpc) is 2.56. The van der Waals surface area contributed by atoms with Crippen molar-refractivity contribution in [1.82, 2.24) is 0 Å². The van der Waals surface area contributed by atoms with Crippen LogP contribution in [0.2, 0.25) is 5.02 Å². The van der Waals surface area contributed by atoms with Gasteiger partial charge in [0.1, 0.15) is 0 Å². The molecule has 0 unspecified atom stereocenters. The minimum absolute atomic E-state index is 0.736. The maximum atomic E-state index is 5.86. The van der Waals surface area contributed by atoms with E-state index in [9.17, 15) is 0 Å². The third kappa shape index (κ3) is 3.85. The second-order valence-electron chi connectivity index (χ2n) is 5.37. The smallest absolute Gasteiger partial charge is 0.0630 e. The summed E-state index contributed by atoms with van der Waals surface area (Å²) in [5, 5.41) is 0.736. The molecule has 0 aliphatic carbocycles. The van der Waals surface area contributed by atoms with Crippen molar-refractivity contribution < 1.29 is 0 Å². The zero-order chi connectivity index (χ0) is 14.5. The number of hydrogen-bond acceptors (Lipinski definition) is 2. The number of piperidine rings is 1. The number of halogens is 1. The molecule has 1 heterocycles. The number of hydrogen-bond donors (Lipinski definition) is 0. The van der Waals surface area contributed by atoms with Crippen molar-refractivity contribution in [1.29, 1.82) is 0 Å². The zero-order valence-electron chi connectivity index (χ0n) is 12.0. The van der Waals surface area contributed by atoms with E-state index < -0.39 is 0 Å². The molecule has 21 heavy (non-hydrogen) atoms. The van der Waals surface area contributed by atoms with Crippen LogP contribution in [0.1, 0.15) is 24.8 Å². The fourth-order valence-electron chi connectivity index (χ4n) is 2.60. The highest BCUT2D eigenvalue weighted by atomic mass is 35.5. The average molecular weight is 299 g/mol. The highest BCUT2D eigenvalue weighted by Gasteiger charge is 2.09. The van der Waals surface area contributed by atoms with Crippen LogP contribution in [0.15, 0.2) is 53.5 Å². The second kappa shape index (κ2) is 6.77. The van der Waals surface area contributed by atoms with Crippen molar-refractivity contribution >= 4 is 29.2 Å². The SMILES string of the molecule is Clc1ccc(N=Cc2ccc(N3CCCCC3)cc2)cc1. The lowest BCUT2D eigenvalue weighted by Gasteiger charge is -2.28. The molecule has 2 aromatic carbocycles. The molecule has 0 amide bonds. The number of nitrogens with zero attached hydrogens (tertiary/aromatic N) is 2. The summed E-state index contributed by atoms with van der Waals surface area (Å²) in [6.07, 6.45) is 5.87. The Morgan fingerprint density at radius 1 is 0.857 bits per heavy atom. The molecule has 0 bridgehead atoms. The largest absolute Gasteiger partial charge is 0.372 e. The van der Waals surface area contributed by atoms with E-state index in [0.29, 0.717) is 0 Å². The molecule has 1 aliphatic heterocycles. The molecule has 2 aromatic rings. The molecule has 3 heteroatoms. The van der Waals surface area contributed by atoms with Crippen LogP contribution in [0, 0.1) is 0 Å². The van der Waals surface area contributed by atoms with Crippen LogP contribution in [0.25, 0.3) is 0 Å². The van der Waals surface area contributed by atoms with Gasteiger partial charge in [-0.2, -0.15) is 0 Å². The summed E-state index contributed by atoms with van der Waals surface area (Å²) < 4.78 is 0. The van der Waals surface area contributed by atoms with Crippen molar-refractivity contribution in [3.63, 3.8) is 0 Å². The summed E-state index contributed by atoms with van der Waals surface area (Å²) in [5.74, 6) is 0. The number of rotatable bonds is 3. The number of anilines is 1. The van der Waals surface area contributed by atoms with Crippen LogP contribution in [0.4, 0.5) is 11.4 Å². The van der Waals surface area contributed by atoms with E-state index in [1.165, 1.54) is 38.0 Å². The van der Waals surface area contributed by atoms with Gasteiger partial charge in [-0.15, -0.1) is 0 Å². The van der Waals surface area contributed by atoms with Crippen molar-refractivity contribution in [2.24, 2.45) is 4.99 Å². The molecule has 2 nitrogen and oxygen atoms in total. The molecule has 1 aliphatic rings. The van der Waals surface area contributed by atoms with Gasteiger partial charge in [-0.25, -0.2) is 0 Å². The Morgan fingerprint density at radius 3 is 2.19 bits per heavy atom. The van der Waals surface area contributed by atoms with E-state index in [2.05, 4.69) is 34.2 Å². The van der Waals surface area contributed by atoms with Crippen LogP contribution >= 0.6 is 11.6 Å². The van der Waals surface area contributed by atoms with Crippen molar-refractivity contribution in [2.45, 2.75) is 19.3 Å². The van der Waals surface area contributed by atoms with Crippen LogP contribution in [0.5, 0.6) is 0 Å². The molecule has 1 fully saturated rings. The van der Waals surface area contributed by atoms with Crippen molar-refractivity contribution in [2.75, 3.05) is 18.0 Å². The van der Waals surface area contributed by atoms with E-state index in [-0.39, 0.29) is 0 Å². The van der Waals surface area contributed by atoms with E-state index in [4.69, 9.17) is 11.6 Å². The molecule has 3 rings (SSSR count). The van der Waals surface area contributed by atoms with Gasteiger partial charge in [-0.3, -0.25) is 4.99 Å². The summed E-state index contributed by atoms with van der Waals surface area (Å²) in [4.78, 5) is 6.92. The molecular formula is C18H19ClN2. The third-order valence-electron chi connectivity index (χ3n) is 3.80. The number of benzene rings is 2. The zero-order valence-corrected chi connectivity index (χ0v) is 12.8. The second-order valence-corrected chi connectivity index (χ2v) is 5.81. The first-order valence-corrected chi connectivity index (χ1v) is 7.84. The maximum Gasteiger partial charge on any atom is 0.0630 e. The molecule has 0 saturated carbocycles. The van der Waals surface area contributed by atoms with Gasteiger partial charge in [-0.1, -0.05) is 23.7 Å². The molecule has 0 radical (unpaired) electrons. The summed E-state index contributed by atoms with van der Waals surface area (Å²) in [6.45, 7) is 2.36. The predicted molar refractivity (Wildman–Crippen MR) is 91.2 cm³/mol. The summed E-state index contributed by atoms with van der Waals surface area (Å²) in [5.41, 5.74) is 3.35. The Kier molecular flexibility index (Phi) is 4.56. The molecule has 1 saturated heterocycles. The van der Waals surface area contributed by atoms with Gasteiger partial charge in [-0.05, 0) is 61.2 Å². The van der Waals surface area contributed by atoms with Gasteiger partial charge < -0.3 is 4.90 Å². The van der Waals surface area contributed by atoms with Gasteiger partial charge in [0.2, 0.25) is 0 Å². The lowest BCUT2D eigenvalue weighted by molar-refractivity contribution is 0.578. The van der Waals surface area contributed by atoms with Crippen molar-refractivity contribution in [3.8, 4) is 0 Å². The summed E-state index contributed by atoms with van der Waals surface area (Å²) in [6, 6.07) is 16.2. The van der Waals surface area contributed by atoms with Crippen LogP contribution in [-0.4, -0.2) is 19.3 Å². The number of aliphatic imine (C=N–C) groups is 1. The summed E-state index contributed by atoms with van der Waals surface area (Å²) >= 11 is 5.86. The Hall–Kier alpha value is -1.80. The predicted octanol–water partition coefficient (Wildman–Crippen LogP) is 5.08. The molecule has 0 spiro atoms. The normalized spacial score (nSPS) is 15.6. The lowest BCUT2D eigenvalue weighted by Crippen LogP contribution is -2.29. The quantitative estimate of drug-likeness (QED) is 0.721. The van der Waals surface area contributed by atoms with Gasteiger partial charge in [0.05, 0.1) is 5.69 Å². The third-order valence-corrected chi connectivity index (χ3v) is 4.06. The molecular weight excluding hydrogens is 280 g/mol. The van der Waals surface area contributed by atoms with Gasteiger partial charge in [0, 0.05) is 30.0 Å². The van der Waals surface area contributed by atoms with E-state index in [1.807, 2.05) is 30.5 Å². The standard InChI is InChI=1S/C18H19ClN2/c19-16-6-8-17(9-7-16)20-14-15-4-10-18(11-5-15)21-12-2-1-3-13-21/h4-11,14H,1-3,12-13H2. The fraction of sp³-hybridized carbons (Fsp3) is 0.278. The fourth-order valence-corrected chi connectivity index (χ4v) is 2.73. The topological polar surface area (TPSA) is 15.6 Å². The van der Waals surface area contributed by atoms with E-state index in [0.717, 1.165) is 16.3 Å². The first kappa shape index (κ1) is 14.2. The van der Waals surface area contributed by atoms with E-state index >= 15 is 0 Å². The van der Waals surface area contributed by atoms with Crippen LogP contribution in [-0.2, 0) is 0 Å². The Bertz CT molecular complexity index is 596. The molecule has 0 N–H and O–H groups in total. The lowest BCUT2D eigenvalue weighted by atomic mass is 10.1.